The van der Waals surface area contributed by atoms with Crippen molar-refractivity contribution in [3.05, 3.63) is 28.4 Å². The summed E-state index contributed by atoms with van der Waals surface area (Å²) in [7, 11) is 3.73. The number of ether oxygens (including phenoxy) is 1. The zero-order valence-electron chi connectivity index (χ0n) is 8.47. The normalized spacial score (nSPS) is 10.9. The molecule has 3 heteroatoms. The van der Waals surface area contributed by atoms with E-state index < -0.39 is 0 Å². The van der Waals surface area contributed by atoms with Gasteiger partial charge in [0, 0.05) is 12.4 Å². The van der Waals surface area contributed by atoms with Gasteiger partial charge in [-0.05, 0) is 34.5 Å². The number of methoxy groups -OCH3 is 1. The average molecular weight is 254 g/mol. The topological polar surface area (TPSA) is 14.2 Å². The minimum absolute atomic E-state index is 0.916. The highest BCUT2D eigenvalue weighted by atomic mass is 79.9. The monoisotopic (exact) mass is 253 g/mol. The number of halogens is 1. The minimum Gasteiger partial charge on any atom is -0.495 e. The third-order valence-electron chi connectivity index (χ3n) is 2.56. The lowest BCUT2D eigenvalue weighted by Gasteiger charge is -2.04. The quantitative estimate of drug-likeness (QED) is 0.761. The van der Waals surface area contributed by atoms with Crippen LogP contribution in [-0.2, 0) is 7.05 Å². The molecule has 1 aromatic heterocycles. The van der Waals surface area contributed by atoms with E-state index in [0.29, 0.717) is 0 Å². The van der Waals surface area contributed by atoms with E-state index >= 15 is 0 Å². The van der Waals surface area contributed by atoms with E-state index in [1.165, 1.54) is 10.9 Å². The highest BCUT2D eigenvalue weighted by Gasteiger charge is 2.12. The van der Waals surface area contributed by atoms with E-state index in [2.05, 4.69) is 33.5 Å². The maximum atomic E-state index is 5.33. The van der Waals surface area contributed by atoms with Crippen LogP contribution in [0.3, 0.4) is 0 Å². The predicted molar refractivity (Wildman–Crippen MR) is 61.9 cm³/mol. The SMILES string of the molecule is COc1cccc2c(C)c(Br)n(C)c12. The average Bonchev–Trinajstić information content (AvgIpc) is 2.44. The lowest BCUT2D eigenvalue weighted by atomic mass is 10.2. The van der Waals surface area contributed by atoms with Gasteiger partial charge in [-0.15, -0.1) is 0 Å². The van der Waals surface area contributed by atoms with E-state index in [4.69, 9.17) is 4.74 Å². The Balaban J connectivity index is 2.94. The summed E-state index contributed by atoms with van der Waals surface area (Å²) >= 11 is 3.56. The third kappa shape index (κ3) is 1.16. The Bertz CT molecular complexity index is 487. The molecule has 0 bridgehead atoms. The smallest absolute Gasteiger partial charge is 0.143 e. The molecule has 0 N–H and O–H groups in total. The van der Waals surface area contributed by atoms with Crippen LogP contribution in [0.2, 0.25) is 0 Å². The van der Waals surface area contributed by atoms with Gasteiger partial charge in [0.25, 0.3) is 0 Å². The highest BCUT2D eigenvalue weighted by molar-refractivity contribution is 9.10. The molecule has 0 fully saturated rings. The second-order valence-electron chi connectivity index (χ2n) is 3.33. The number of fused-ring (bicyclic) bond motifs is 1. The fraction of sp³-hybridized carbons (Fsp3) is 0.273. The predicted octanol–water partition coefficient (Wildman–Crippen LogP) is 3.26. The molecule has 1 aromatic carbocycles. The molecule has 0 saturated carbocycles. The summed E-state index contributed by atoms with van der Waals surface area (Å²) < 4.78 is 8.54. The number of benzene rings is 1. The van der Waals surface area contributed by atoms with Gasteiger partial charge in [-0.3, -0.25) is 0 Å². The first-order chi connectivity index (χ1) is 6.66. The fourth-order valence-electron chi connectivity index (χ4n) is 1.80. The van der Waals surface area contributed by atoms with E-state index in [-0.39, 0.29) is 0 Å². The molecule has 0 aliphatic rings. The first kappa shape index (κ1) is 9.59. The van der Waals surface area contributed by atoms with Gasteiger partial charge >= 0.3 is 0 Å². The zero-order valence-corrected chi connectivity index (χ0v) is 10.1. The van der Waals surface area contributed by atoms with Crippen LogP contribution in [-0.4, -0.2) is 11.7 Å². The summed E-state index contributed by atoms with van der Waals surface area (Å²) in [6.07, 6.45) is 0. The van der Waals surface area contributed by atoms with E-state index in [0.717, 1.165) is 15.9 Å². The second-order valence-corrected chi connectivity index (χ2v) is 4.08. The molecular formula is C11H12BrNO. The Morgan fingerprint density at radius 3 is 2.71 bits per heavy atom. The number of para-hydroxylation sites is 1. The van der Waals surface area contributed by atoms with Crippen LogP contribution in [0, 0.1) is 6.92 Å². The Morgan fingerprint density at radius 1 is 1.36 bits per heavy atom. The van der Waals surface area contributed by atoms with Crippen LogP contribution in [0.4, 0.5) is 0 Å². The van der Waals surface area contributed by atoms with Crippen molar-refractivity contribution < 1.29 is 4.74 Å². The van der Waals surface area contributed by atoms with Gasteiger partial charge in [-0.25, -0.2) is 0 Å². The molecule has 0 unspecified atom stereocenters. The molecule has 2 aromatic rings. The van der Waals surface area contributed by atoms with Crippen molar-refractivity contribution in [3.8, 4) is 5.75 Å². The molecule has 14 heavy (non-hydrogen) atoms. The number of hydrogen-bond acceptors (Lipinski definition) is 1. The molecule has 1 heterocycles. The molecule has 0 radical (unpaired) electrons. The van der Waals surface area contributed by atoms with Crippen molar-refractivity contribution in [3.63, 3.8) is 0 Å². The molecule has 0 amide bonds. The van der Waals surface area contributed by atoms with Crippen LogP contribution >= 0.6 is 15.9 Å². The van der Waals surface area contributed by atoms with Crippen molar-refractivity contribution in [2.24, 2.45) is 7.05 Å². The maximum Gasteiger partial charge on any atom is 0.143 e. The van der Waals surface area contributed by atoms with Gasteiger partial charge in [-0.1, -0.05) is 12.1 Å². The van der Waals surface area contributed by atoms with Crippen molar-refractivity contribution in [2.45, 2.75) is 6.92 Å². The summed E-state index contributed by atoms with van der Waals surface area (Å²) in [6, 6.07) is 6.10. The molecule has 2 nitrogen and oxygen atoms in total. The fourth-order valence-corrected chi connectivity index (χ4v) is 2.19. The van der Waals surface area contributed by atoms with E-state index in [9.17, 15) is 0 Å². The maximum absolute atomic E-state index is 5.33. The van der Waals surface area contributed by atoms with Crippen LogP contribution in [0.15, 0.2) is 22.8 Å². The minimum atomic E-state index is 0.916. The van der Waals surface area contributed by atoms with Crippen LogP contribution in [0.1, 0.15) is 5.56 Å². The lowest BCUT2D eigenvalue weighted by molar-refractivity contribution is 0.418. The van der Waals surface area contributed by atoms with Crippen LogP contribution < -0.4 is 4.74 Å². The number of nitrogens with zero attached hydrogens (tertiary/aromatic N) is 1. The van der Waals surface area contributed by atoms with E-state index in [1.807, 2.05) is 19.2 Å². The first-order valence-corrected chi connectivity index (χ1v) is 5.23. The lowest BCUT2D eigenvalue weighted by Crippen LogP contribution is -1.91. The number of aromatic nitrogens is 1. The van der Waals surface area contributed by atoms with E-state index in [1.54, 1.807) is 7.11 Å². The summed E-state index contributed by atoms with van der Waals surface area (Å²) in [5, 5.41) is 1.23. The van der Waals surface area contributed by atoms with Crippen molar-refractivity contribution in [1.29, 1.82) is 0 Å². The van der Waals surface area contributed by atoms with Gasteiger partial charge in [-0.2, -0.15) is 0 Å². The number of aryl methyl sites for hydroxylation is 2. The zero-order chi connectivity index (χ0) is 10.3. The molecule has 0 saturated heterocycles. The number of rotatable bonds is 1. The Morgan fingerprint density at radius 2 is 2.07 bits per heavy atom. The van der Waals surface area contributed by atoms with Gasteiger partial charge in [0.2, 0.25) is 0 Å². The molecule has 2 rings (SSSR count). The van der Waals surface area contributed by atoms with Gasteiger partial charge < -0.3 is 9.30 Å². The highest BCUT2D eigenvalue weighted by Crippen LogP contribution is 2.33. The van der Waals surface area contributed by atoms with Gasteiger partial charge in [0.15, 0.2) is 0 Å². The molecular weight excluding hydrogens is 242 g/mol. The Kier molecular flexibility index (Phi) is 2.27. The molecule has 0 atom stereocenters. The van der Waals surface area contributed by atoms with Crippen LogP contribution in [0.25, 0.3) is 10.9 Å². The summed E-state index contributed by atoms with van der Waals surface area (Å²) in [4.78, 5) is 0. The number of hydrogen-bond donors (Lipinski definition) is 0. The first-order valence-electron chi connectivity index (χ1n) is 4.44. The van der Waals surface area contributed by atoms with Crippen molar-refractivity contribution in [1.82, 2.24) is 4.57 Å². The second kappa shape index (κ2) is 3.31. The molecule has 0 spiro atoms. The molecule has 74 valence electrons. The Hall–Kier alpha value is -0.960. The van der Waals surface area contributed by atoms with Crippen molar-refractivity contribution in [2.75, 3.05) is 7.11 Å². The van der Waals surface area contributed by atoms with Crippen LogP contribution in [0.5, 0.6) is 5.75 Å². The summed E-state index contributed by atoms with van der Waals surface area (Å²) in [6.45, 7) is 2.10. The summed E-state index contributed by atoms with van der Waals surface area (Å²) in [5.74, 6) is 0.916. The van der Waals surface area contributed by atoms with Gasteiger partial charge in [0.1, 0.15) is 5.75 Å². The summed E-state index contributed by atoms with van der Waals surface area (Å²) in [5.41, 5.74) is 2.39. The third-order valence-corrected chi connectivity index (χ3v) is 3.69. The van der Waals surface area contributed by atoms with Gasteiger partial charge in [0.05, 0.1) is 17.2 Å². The van der Waals surface area contributed by atoms with Crippen molar-refractivity contribution >= 4 is 26.8 Å². The standard InChI is InChI=1S/C11H12BrNO/c1-7-8-5-4-6-9(14-3)10(8)13(2)11(7)12/h4-6H,1-3H3. The Labute approximate surface area is 91.6 Å². The molecule has 0 aliphatic carbocycles. The largest absolute Gasteiger partial charge is 0.495 e. The molecule has 0 aliphatic heterocycles.